The molecule has 8 heteroatoms. The van der Waals surface area contributed by atoms with E-state index in [4.69, 9.17) is 5.11 Å². The first-order valence-corrected chi connectivity index (χ1v) is 12.4. The van der Waals surface area contributed by atoms with Crippen LogP contribution < -0.4 is 5.32 Å². The predicted octanol–water partition coefficient (Wildman–Crippen LogP) is 4.12. The fourth-order valence-electron chi connectivity index (χ4n) is 4.43. The minimum absolute atomic E-state index is 0.0954. The van der Waals surface area contributed by atoms with Gasteiger partial charge in [-0.25, -0.2) is 9.78 Å². The lowest BCUT2D eigenvalue weighted by atomic mass is 9.71. The van der Waals surface area contributed by atoms with Crippen LogP contribution in [0.4, 0.5) is 0 Å². The van der Waals surface area contributed by atoms with E-state index in [1.807, 2.05) is 4.90 Å². The number of nitrogens with zero attached hydrogens (tertiary/aromatic N) is 2. The van der Waals surface area contributed by atoms with E-state index in [9.17, 15) is 9.59 Å². The molecule has 1 saturated heterocycles. The summed E-state index contributed by atoms with van der Waals surface area (Å²) in [5.74, 6) is 0.797. The molecule has 0 aromatic carbocycles. The van der Waals surface area contributed by atoms with Crippen LogP contribution in [0.5, 0.6) is 0 Å². The fraction of sp³-hybridized carbons (Fsp3) is 0.762. The highest BCUT2D eigenvalue weighted by Gasteiger charge is 2.33. The van der Waals surface area contributed by atoms with Crippen LogP contribution in [0.3, 0.4) is 0 Å². The van der Waals surface area contributed by atoms with Crippen molar-refractivity contribution in [3.05, 3.63) is 11.1 Å². The van der Waals surface area contributed by atoms with Gasteiger partial charge in [-0.2, -0.15) is 0 Å². The summed E-state index contributed by atoms with van der Waals surface area (Å²) >= 11 is 2.88. The van der Waals surface area contributed by atoms with Gasteiger partial charge in [0.25, 0.3) is 0 Å². The number of thiazole rings is 1. The normalized spacial score (nSPS) is 25.6. The molecule has 3 rings (SSSR count). The quantitative estimate of drug-likeness (QED) is 0.593. The second-order valence-electron chi connectivity index (χ2n) is 9.25. The van der Waals surface area contributed by atoms with Gasteiger partial charge in [0.2, 0.25) is 5.91 Å². The summed E-state index contributed by atoms with van der Waals surface area (Å²) in [4.78, 5) is 29.4. The van der Waals surface area contributed by atoms with Crippen LogP contribution in [0.1, 0.15) is 69.8 Å². The molecule has 1 aromatic heterocycles. The lowest BCUT2D eigenvalue weighted by Gasteiger charge is -2.38. The average Bonchev–Trinajstić information content (AvgIpc) is 3.27. The molecule has 0 spiro atoms. The molecule has 29 heavy (non-hydrogen) atoms. The molecule has 2 heterocycles. The maximum atomic E-state index is 12.3. The Bertz CT molecular complexity index is 708. The number of hydrogen-bond donors (Lipinski definition) is 2. The van der Waals surface area contributed by atoms with Crippen LogP contribution in [0, 0.1) is 11.3 Å². The Labute approximate surface area is 181 Å². The van der Waals surface area contributed by atoms with Crippen molar-refractivity contribution in [1.29, 1.82) is 0 Å². The number of rotatable bonds is 8. The van der Waals surface area contributed by atoms with Gasteiger partial charge in [-0.1, -0.05) is 32.5 Å². The number of carbonyl (C=O) groups excluding carboxylic acids is 1. The van der Waals surface area contributed by atoms with Crippen molar-refractivity contribution in [2.45, 2.75) is 75.7 Å². The van der Waals surface area contributed by atoms with Crippen molar-refractivity contribution in [1.82, 2.24) is 15.2 Å². The number of carbonyl (C=O) groups is 2. The monoisotopic (exact) mass is 439 g/mol. The number of likely N-dealkylation sites (tertiary alicyclic amines) is 1. The first-order chi connectivity index (χ1) is 13.7. The van der Waals surface area contributed by atoms with Gasteiger partial charge < -0.3 is 15.3 Å². The fourth-order valence-corrected chi connectivity index (χ4v) is 6.24. The molecule has 162 valence electrons. The summed E-state index contributed by atoms with van der Waals surface area (Å²) in [5, 5.41) is 14.3. The zero-order valence-corrected chi connectivity index (χ0v) is 19.3. The summed E-state index contributed by atoms with van der Waals surface area (Å²) < 4.78 is 0.749. The molecule has 2 fully saturated rings. The van der Waals surface area contributed by atoms with E-state index in [1.165, 1.54) is 48.8 Å². The van der Waals surface area contributed by atoms with Crippen molar-refractivity contribution in [3.8, 4) is 0 Å². The number of carboxylic acid groups (broad SMARTS) is 1. The van der Waals surface area contributed by atoms with Gasteiger partial charge >= 0.3 is 5.97 Å². The van der Waals surface area contributed by atoms with Crippen molar-refractivity contribution in [2.24, 2.45) is 11.3 Å². The zero-order chi connectivity index (χ0) is 21.0. The van der Waals surface area contributed by atoms with E-state index in [2.05, 4.69) is 31.1 Å². The zero-order valence-electron chi connectivity index (χ0n) is 17.6. The lowest BCUT2D eigenvalue weighted by Crippen LogP contribution is -2.45. The highest BCUT2D eigenvalue weighted by atomic mass is 32.2. The van der Waals surface area contributed by atoms with Crippen LogP contribution in [-0.2, 0) is 4.79 Å². The molecule has 1 aliphatic heterocycles. The SMILES string of the molecule is CC(C)(C)C1CCC(NC[C@H]2CCC(=O)N2CCSc2nc(C(=O)O)cs2)CC1. The highest BCUT2D eigenvalue weighted by molar-refractivity contribution is 8.01. The summed E-state index contributed by atoms with van der Waals surface area (Å²) in [5.41, 5.74) is 0.498. The van der Waals surface area contributed by atoms with E-state index in [0.717, 1.165) is 29.0 Å². The number of hydrogen-bond acceptors (Lipinski definition) is 6. The molecule has 1 saturated carbocycles. The van der Waals surface area contributed by atoms with E-state index >= 15 is 0 Å². The molecule has 0 bridgehead atoms. The molecule has 0 radical (unpaired) electrons. The van der Waals surface area contributed by atoms with E-state index in [-0.39, 0.29) is 17.6 Å². The average molecular weight is 440 g/mol. The molecule has 2 aliphatic rings. The standard InChI is InChI=1S/C21H33N3O3S2/c1-21(2,3)14-4-6-15(7-5-14)22-12-16-8-9-18(25)24(16)10-11-28-20-23-17(13-29-20)19(26)27/h13-16,22H,4-12H2,1-3H3,(H,26,27)/t14?,15?,16-/m1/s1. The van der Waals surface area contributed by atoms with Crippen molar-refractivity contribution < 1.29 is 14.7 Å². The molecular weight excluding hydrogens is 406 g/mol. The van der Waals surface area contributed by atoms with Gasteiger partial charge in [0.05, 0.1) is 0 Å². The number of aromatic nitrogens is 1. The summed E-state index contributed by atoms with van der Waals surface area (Å²) in [6, 6.07) is 0.847. The molecule has 6 nitrogen and oxygen atoms in total. The topological polar surface area (TPSA) is 82.5 Å². The lowest BCUT2D eigenvalue weighted by molar-refractivity contribution is -0.128. The van der Waals surface area contributed by atoms with Gasteiger partial charge in [-0.3, -0.25) is 4.79 Å². The Balaban J connectivity index is 1.41. The number of carboxylic acids is 1. The second-order valence-corrected chi connectivity index (χ2v) is 11.5. The highest BCUT2D eigenvalue weighted by Crippen LogP contribution is 2.37. The van der Waals surface area contributed by atoms with Crippen molar-refractivity contribution in [2.75, 3.05) is 18.8 Å². The van der Waals surface area contributed by atoms with Crippen LogP contribution in [0.2, 0.25) is 0 Å². The van der Waals surface area contributed by atoms with Crippen LogP contribution >= 0.6 is 23.1 Å². The number of thioether (sulfide) groups is 1. The van der Waals surface area contributed by atoms with Crippen molar-refractivity contribution in [3.63, 3.8) is 0 Å². The van der Waals surface area contributed by atoms with Gasteiger partial charge in [0.1, 0.15) is 0 Å². The Morgan fingerprint density at radius 3 is 2.66 bits per heavy atom. The van der Waals surface area contributed by atoms with Gasteiger partial charge in [-0.05, 0) is 43.4 Å². The van der Waals surface area contributed by atoms with Crippen LogP contribution in [0.25, 0.3) is 0 Å². The Hall–Kier alpha value is -1.12. The van der Waals surface area contributed by atoms with Crippen LogP contribution in [0.15, 0.2) is 9.72 Å². The van der Waals surface area contributed by atoms with Gasteiger partial charge in [0.15, 0.2) is 10.0 Å². The second kappa shape index (κ2) is 9.79. The minimum Gasteiger partial charge on any atom is -0.476 e. The molecule has 1 amide bonds. The maximum Gasteiger partial charge on any atom is 0.355 e. The molecule has 1 atom stereocenters. The predicted molar refractivity (Wildman–Crippen MR) is 118 cm³/mol. The van der Waals surface area contributed by atoms with E-state index in [1.54, 1.807) is 5.38 Å². The number of nitrogens with one attached hydrogen (secondary N) is 1. The summed E-state index contributed by atoms with van der Waals surface area (Å²) in [6.07, 6.45) is 6.60. The Kier molecular flexibility index (Phi) is 7.62. The third kappa shape index (κ3) is 6.18. The molecule has 1 aromatic rings. The summed E-state index contributed by atoms with van der Waals surface area (Å²) in [7, 11) is 0. The smallest absolute Gasteiger partial charge is 0.355 e. The molecule has 2 N–H and O–H groups in total. The summed E-state index contributed by atoms with van der Waals surface area (Å²) in [6.45, 7) is 8.61. The first kappa shape index (κ1) is 22.6. The number of amides is 1. The van der Waals surface area contributed by atoms with Crippen LogP contribution in [-0.4, -0.2) is 57.8 Å². The van der Waals surface area contributed by atoms with Crippen molar-refractivity contribution >= 4 is 35.0 Å². The minimum atomic E-state index is -0.995. The molecule has 0 unspecified atom stereocenters. The Morgan fingerprint density at radius 1 is 1.31 bits per heavy atom. The first-order valence-electron chi connectivity index (χ1n) is 10.6. The molecular formula is C21H33N3O3S2. The molecule has 1 aliphatic carbocycles. The third-order valence-electron chi connectivity index (χ3n) is 6.31. The number of aromatic carboxylic acids is 1. The Morgan fingerprint density at radius 2 is 2.03 bits per heavy atom. The largest absolute Gasteiger partial charge is 0.476 e. The van der Waals surface area contributed by atoms with Gasteiger partial charge in [-0.15, -0.1) is 11.3 Å². The third-order valence-corrected chi connectivity index (χ3v) is 8.31. The van der Waals surface area contributed by atoms with E-state index in [0.29, 0.717) is 24.4 Å². The van der Waals surface area contributed by atoms with E-state index < -0.39 is 5.97 Å². The van der Waals surface area contributed by atoms with Gasteiger partial charge in [0, 0.05) is 42.7 Å². The maximum absolute atomic E-state index is 12.3.